The van der Waals surface area contributed by atoms with E-state index in [1.807, 2.05) is 0 Å². The van der Waals surface area contributed by atoms with Crippen LogP contribution in [0.1, 0.15) is 46.5 Å². The van der Waals surface area contributed by atoms with Crippen molar-refractivity contribution in [3.63, 3.8) is 0 Å². The molecule has 0 N–H and O–H groups in total. The molecule has 9 heteroatoms. The van der Waals surface area contributed by atoms with E-state index in [1.54, 1.807) is 0 Å². The number of esters is 2. The molecule has 162 valence electrons. The van der Waals surface area contributed by atoms with Gasteiger partial charge in [-0.2, -0.15) is 0 Å². The first kappa shape index (κ1) is 25.3. The van der Waals surface area contributed by atoms with E-state index in [4.69, 9.17) is 9.47 Å². The van der Waals surface area contributed by atoms with Gasteiger partial charge in [-0.1, -0.05) is 33.3 Å². The highest BCUT2D eigenvalue weighted by Gasteiger charge is 2.39. The van der Waals surface area contributed by atoms with E-state index in [0.29, 0.717) is 9.81 Å². The first-order valence-corrected chi connectivity index (χ1v) is 11.6. The number of hydrogen-bond acceptors (Lipinski definition) is 8. The standard InChI is InChI=1S/C20H29NO6S2/c1-5-7-11-28-16-17(29-12-8-6-2)19(24)21(18(16)23)13-15(22)26-9-10-27-20(25)14(3)4/h3,5-13H2,1-2,4H3. The summed E-state index contributed by atoms with van der Waals surface area (Å²) in [5.74, 6) is -0.695. The van der Waals surface area contributed by atoms with Crippen LogP contribution >= 0.6 is 23.5 Å². The molecule has 0 saturated carbocycles. The first-order chi connectivity index (χ1) is 13.8. The van der Waals surface area contributed by atoms with Crippen molar-refractivity contribution >= 4 is 47.3 Å². The average Bonchev–Trinajstić information content (AvgIpc) is 2.90. The zero-order valence-electron chi connectivity index (χ0n) is 17.3. The van der Waals surface area contributed by atoms with Gasteiger partial charge in [-0.05, 0) is 31.3 Å². The van der Waals surface area contributed by atoms with Crippen LogP contribution in [0.3, 0.4) is 0 Å². The van der Waals surface area contributed by atoms with Gasteiger partial charge in [-0.15, -0.1) is 23.5 Å². The van der Waals surface area contributed by atoms with E-state index in [9.17, 15) is 19.2 Å². The van der Waals surface area contributed by atoms with Crippen LogP contribution < -0.4 is 0 Å². The number of hydrogen-bond donors (Lipinski definition) is 0. The van der Waals surface area contributed by atoms with E-state index in [-0.39, 0.29) is 18.8 Å². The molecule has 0 fully saturated rings. The summed E-state index contributed by atoms with van der Waals surface area (Å²) < 4.78 is 9.81. The smallest absolute Gasteiger partial charge is 0.333 e. The Balaban J connectivity index is 2.64. The Morgan fingerprint density at radius 3 is 1.86 bits per heavy atom. The Morgan fingerprint density at radius 1 is 0.931 bits per heavy atom. The average molecular weight is 444 g/mol. The number of amides is 2. The molecule has 0 aliphatic carbocycles. The molecule has 7 nitrogen and oxygen atoms in total. The maximum atomic E-state index is 12.7. The number of thioether (sulfide) groups is 2. The third-order valence-electron chi connectivity index (χ3n) is 3.79. The molecular formula is C20H29NO6S2. The third-order valence-corrected chi connectivity index (χ3v) is 6.24. The lowest BCUT2D eigenvalue weighted by Crippen LogP contribution is -2.37. The normalized spacial score (nSPS) is 13.8. The molecule has 0 aromatic heterocycles. The number of imide groups is 1. The molecule has 0 bridgehead atoms. The van der Waals surface area contributed by atoms with Gasteiger partial charge in [0, 0.05) is 5.57 Å². The van der Waals surface area contributed by atoms with E-state index in [2.05, 4.69) is 20.4 Å². The van der Waals surface area contributed by atoms with E-state index in [0.717, 1.165) is 42.1 Å². The summed E-state index contributed by atoms with van der Waals surface area (Å²) in [7, 11) is 0. The lowest BCUT2D eigenvalue weighted by molar-refractivity contribution is -0.154. The fourth-order valence-electron chi connectivity index (χ4n) is 2.15. The van der Waals surface area contributed by atoms with Crippen LogP contribution in [0.25, 0.3) is 0 Å². The molecule has 0 aromatic rings. The minimum Gasteiger partial charge on any atom is -0.461 e. The molecule has 0 radical (unpaired) electrons. The SMILES string of the molecule is C=C(C)C(=O)OCCOC(=O)CN1C(=O)C(SCCCC)=C(SCCCC)C1=O. The zero-order valence-corrected chi connectivity index (χ0v) is 18.9. The molecule has 0 aromatic carbocycles. The second-order valence-electron chi connectivity index (χ2n) is 6.40. The Morgan fingerprint density at radius 2 is 1.41 bits per heavy atom. The summed E-state index contributed by atoms with van der Waals surface area (Å²) in [4.78, 5) is 50.5. The maximum Gasteiger partial charge on any atom is 0.333 e. The van der Waals surface area contributed by atoms with Crippen molar-refractivity contribution in [3.8, 4) is 0 Å². The van der Waals surface area contributed by atoms with Crippen molar-refractivity contribution in [3.05, 3.63) is 22.0 Å². The zero-order chi connectivity index (χ0) is 21.8. The molecule has 1 rings (SSSR count). The van der Waals surface area contributed by atoms with Gasteiger partial charge in [0.15, 0.2) is 0 Å². The summed E-state index contributed by atoms with van der Waals surface area (Å²) in [5.41, 5.74) is 0.247. The van der Waals surface area contributed by atoms with Crippen LogP contribution in [0.4, 0.5) is 0 Å². The van der Waals surface area contributed by atoms with Gasteiger partial charge >= 0.3 is 11.9 Å². The summed E-state index contributed by atoms with van der Waals surface area (Å²) in [5, 5.41) is 0. The van der Waals surface area contributed by atoms with Gasteiger partial charge in [0.25, 0.3) is 11.8 Å². The molecule has 0 saturated heterocycles. The van der Waals surface area contributed by atoms with Crippen LogP contribution in [0.5, 0.6) is 0 Å². The molecule has 1 aliphatic heterocycles. The molecule has 1 aliphatic rings. The lowest BCUT2D eigenvalue weighted by atomic mass is 10.4. The first-order valence-electron chi connectivity index (χ1n) is 9.67. The second kappa shape index (κ2) is 13.5. The molecule has 0 unspecified atom stereocenters. The highest BCUT2D eigenvalue weighted by molar-refractivity contribution is 8.08. The predicted octanol–water partition coefficient (Wildman–Crippen LogP) is 3.30. The Hall–Kier alpha value is -1.74. The Bertz CT molecular complexity index is 642. The van der Waals surface area contributed by atoms with Crippen LogP contribution in [-0.2, 0) is 28.7 Å². The highest BCUT2D eigenvalue weighted by Crippen LogP contribution is 2.37. The monoisotopic (exact) mass is 443 g/mol. The number of carbonyl (C=O) groups excluding carboxylic acids is 4. The molecule has 2 amide bonds. The van der Waals surface area contributed by atoms with Gasteiger partial charge < -0.3 is 9.47 Å². The van der Waals surface area contributed by atoms with Crippen LogP contribution in [0.15, 0.2) is 22.0 Å². The molecule has 0 spiro atoms. The Kier molecular flexibility index (Phi) is 11.8. The fraction of sp³-hybridized carbons (Fsp3) is 0.600. The summed E-state index contributed by atoms with van der Waals surface area (Å²) in [6, 6.07) is 0. The van der Waals surface area contributed by atoms with Crippen molar-refractivity contribution in [1.82, 2.24) is 4.90 Å². The lowest BCUT2D eigenvalue weighted by Gasteiger charge is -2.14. The molecule has 1 heterocycles. The van der Waals surface area contributed by atoms with Crippen LogP contribution in [-0.4, -0.2) is 59.9 Å². The van der Waals surface area contributed by atoms with Crippen LogP contribution in [0, 0.1) is 0 Å². The van der Waals surface area contributed by atoms with E-state index < -0.39 is 30.3 Å². The van der Waals surface area contributed by atoms with Gasteiger partial charge in [-0.3, -0.25) is 19.3 Å². The molecule has 29 heavy (non-hydrogen) atoms. The summed E-state index contributed by atoms with van der Waals surface area (Å²) >= 11 is 2.75. The van der Waals surface area contributed by atoms with Crippen LogP contribution in [0.2, 0.25) is 0 Å². The largest absolute Gasteiger partial charge is 0.461 e. The molecular weight excluding hydrogens is 414 g/mol. The second-order valence-corrected chi connectivity index (χ2v) is 8.61. The maximum absolute atomic E-state index is 12.7. The Labute approximate surface area is 180 Å². The minimum atomic E-state index is -0.726. The quantitative estimate of drug-likeness (QED) is 0.175. The van der Waals surface area contributed by atoms with Gasteiger partial charge in [-0.25, -0.2) is 4.79 Å². The highest BCUT2D eigenvalue weighted by atomic mass is 32.2. The summed E-state index contributed by atoms with van der Waals surface area (Å²) in [6.45, 7) is 8.35. The molecule has 0 atom stereocenters. The predicted molar refractivity (Wildman–Crippen MR) is 115 cm³/mol. The van der Waals surface area contributed by atoms with Gasteiger partial charge in [0.05, 0.1) is 9.81 Å². The number of carbonyl (C=O) groups is 4. The minimum absolute atomic E-state index is 0.117. The number of unbranched alkanes of at least 4 members (excludes halogenated alkanes) is 2. The topological polar surface area (TPSA) is 90.0 Å². The summed E-state index contributed by atoms with van der Waals surface area (Å²) in [6.07, 6.45) is 3.86. The van der Waals surface area contributed by atoms with Gasteiger partial charge in [0.1, 0.15) is 19.8 Å². The van der Waals surface area contributed by atoms with Crippen molar-refractivity contribution in [2.75, 3.05) is 31.3 Å². The van der Waals surface area contributed by atoms with Crippen molar-refractivity contribution in [2.24, 2.45) is 0 Å². The number of ether oxygens (including phenoxy) is 2. The number of nitrogens with zero attached hydrogens (tertiary/aromatic N) is 1. The van der Waals surface area contributed by atoms with Crippen molar-refractivity contribution < 1.29 is 28.7 Å². The van der Waals surface area contributed by atoms with Gasteiger partial charge in [0.2, 0.25) is 0 Å². The van der Waals surface area contributed by atoms with Crippen molar-refractivity contribution in [2.45, 2.75) is 46.5 Å². The van der Waals surface area contributed by atoms with Crippen molar-refractivity contribution in [1.29, 1.82) is 0 Å². The fourth-order valence-corrected chi connectivity index (χ4v) is 4.69. The number of rotatable bonds is 14. The third kappa shape index (κ3) is 8.26. The van der Waals surface area contributed by atoms with E-state index in [1.165, 1.54) is 30.4 Å². The van der Waals surface area contributed by atoms with E-state index >= 15 is 0 Å².